The van der Waals surface area contributed by atoms with E-state index >= 15 is 0 Å². The van der Waals surface area contributed by atoms with E-state index in [4.69, 9.17) is 0 Å². The van der Waals surface area contributed by atoms with Crippen molar-refractivity contribution in [1.29, 1.82) is 0 Å². The van der Waals surface area contributed by atoms with Crippen LogP contribution in [0, 0.1) is 0 Å². The molecule has 0 atom stereocenters. The SMILES string of the molecule is c1ccc(-c2ccc(-c3cccc4ccccc34)cc2N(c2ccccc2-c2cccc3c2sc2ccccc23)c2cccc3sc4ccccc4c23)cc1. The van der Waals surface area contributed by atoms with Crippen molar-refractivity contribution in [3.63, 3.8) is 0 Å². The van der Waals surface area contributed by atoms with E-state index in [1.807, 2.05) is 22.7 Å². The lowest BCUT2D eigenvalue weighted by molar-refractivity contribution is 1.30. The summed E-state index contributed by atoms with van der Waals surface area (Å²) in [6.07, 6.45) is 0. The van der Waals surface area contributed by atoms with Crippen molar-refractivity contribution in [2.45, 2.75) is 0 Å². The lowest BCUT2D eigenvalue weighted by Gasteiger charge is -2.31. The third kappa shape index (κ3) is 5.27. The topological polar surface area (TPSA) is 3.24 Å². The minimum absolute atomic E-state index is 1.13. The molecule has 0 aliphatic rings. The summed E-state index contributed by atoms with van der Waals surface area (Å²) in [6.45, 7) is 0. The predicted molar refractivity (Wildman–Crippen MR) is 241 cm³/mol. The highest BCUT2D eigenvalue weighted by atomic mass is 32.1. The summed E-state index contributed by atoms with van der Waals surface area (Å²) >= 11 is 3.75. The number of benzene rings is 9. The van der Waals surface area contributed by atoms with Crippen LogP contribution in [0.4, 0.5) is 17.1 Å². The zero-order valence-electron chi connectivity index (χ0n) is 29.8. The van der Waals surface area contributed by atoms with Crippen LogP contribution in [0.5, 0.6) is 0 Å². The number of rotatable bonds is 6. The first-order valence-electron chi connectivity index (χ1n) is 18.7. The maximum atomic E-state index is 2.56. The molecule has 0 amide bonds. The van der Waals surface area contributed by atoms with Gasteiger partial charge in [0.05, 0.1) is 17.1 Å². The average molecular weight is 736 g/mol. The first-order chi connectivity index (χ1) is 27.3. The third-order valence-electron chi connectivity index (χ3n) is 10.9. The van der Waals surface area contributed by atoms with Crippen LogP contribution in [0.15, 0.2) is 200 Å². The minimum Gasteiger partial charge on any atom is -0.309 e. The molecule has 11 rings (SSSR count). The first-order valence-corrected chi connectivity index (χ1v) is 20.3. The second-order valence-electron chi connectivity index (χ2n) is 14.0. The zero-order chi connectivity index (χ0) is 36.3. The maximum absolute atomic E-state index is 2.56. The number of nitrogens with zero attached hydrogens (tertiary/aromatic N) is 1. The van der Waals surface area contributed by atoms with Gasteiger partial charge < -0.3 is 4.90 Å². The van der Waals surface area contributed by atoms with Crippen LogP contribution in [-0.4, -0.2) is 0 Å². The van der Waals surface area contributed by atoms with E-state index in [0.717, 1.165) is 17.1 Å². The van der Waals surface area contributed by atoms with Gasteiger partial charge in [-0.05, 0) is 63.9 Å². The molecule has 0 radical (unpaired) electrons. The molecule has 0 fully saturated rings. The molecule has 2 aromatic heterocycles. The van der Waals surface area contributed by atoms with Crippen molar-refractivity contribution in [3.05, 3.63) is 200 Å². The van der Waals surface area contributed by atoms with Crippen LogP contribution in [0.3, 0.4) is 0 Å². The fourth-order valence-electron chi connectivity index (χ4n) is 8.41. The number of anilines is 3. The minimum atomic E-state index is 1.13. The van der Waals surface area contributed by atoms with Crippen LogP contribution in [0.1, 0.15) is 0 Å². The summed E-state index contributed by atoms with van der Waals surface area (Å²) in [5.41, 5.74) is 10.6. The predicted octanol–water partition coefficient (Wildman–Crippen LogP) is 16.0. The van der Waals surface area contributed by atoms with Gasteiger partial charge >= 0.3 is 0 Å². The number of thiophene rings is 2. The van der Waals surface area contributed by atoms with Crippen LogP contribution in [0.25, 0.3) is 84.5 Å². The normalized spacial score (nSPS) is 11.6. The Kier molecular flexibility index (Phi) is 7.61. The Morgan fingerprint density at radius 2 is 0.909 bits per heavy atom. The zero-order valence-corrected chi connectivity index (χ0v) is 31.4. The van der Waals surface area contributed by atoms with Gasteiger partial charge in [0.2, 0.25) is 0 Å². The summed E-state index contributed by atoms with van der Waals surface area (Å²) in [4.78, 5) is 2.56. The summed E-state index contributed by atoms with van der Waals surface area (Å²) in [7, 11) is 0. The lowest BCUT2D eigenvalue weighted by atomic mass is 9.93. The van der Waals surface area contributed by atoms with Crippen LogP contribution in [0.2, 0.25) is 0 Å². The Morgan fingerprint density at radius 3 is 1.80 bits per heavy atom. The van der Waals surface area contributed by atoms with Gasteiger partial charge in [-0.1, -0.05) is 164 Å². The highest BCUT2D eigenvalue weighted by Gasteiger charge is 2.25. The van der Waals surface area contributed by atoms with E-state index in [1.54, 1.807) is 0 Å². The standard InChI is InChI=1S/C52H33NS2/c1-2-15-35(16-3-1)39-32-31-36(38-23-12-18-34-17-4-5-19-37(34)38)33-47(39)53(46-27-14-30-50-51(46)44-22-8-11-29-49(44)54-50)45-26-9-6-20-40(45)42-24-13-25-43-41-21-7-10-28-48(41)55-52(42)43/h1-33H. The van der Waals surface area contributed by atoms with Crippen LogP contribution in [-0.2, 0) is 0 Å². The molecular formula is C52H33NS2. The fraction of sp³-hybridized carbons (Fsp3) is 0. The van der Waals surface area contributed by atoms with Gasteiger partial charge in [-0.25, -0.2) is 0 Å². The Balaban J connectivity index is 1.26. The molecule has 258 valence electrons. The molecule has 0 saturated carbocycles. The number of hydrogen-bond acceptors (Lipinski definition) is 3. The van der Waals surface area contributed by atoms with Crippen LogP contribution >= 0.6 is 22.7 Å². The molecule has 0 bridgehead atoms. The van der Waals surface area contributed by atoms with Crippen molar-refractivity contribution >= 4 is 90.9 Å². The van der Waals surface area contributed by atoms with Crippen molar-refractivity contribution in [2.75, 3.05) is 4.90 Å². The van der Waals surface area contributed by atoms with Crippen molar-refractivity contribution in [2.24, 2.45) is 0 Å². The molecule has 1 nitrogen and oxygen atoms in total. The van der Waals surface area contributed by atoms with E-state index in [2.05, 4.69) is 205 Å². The van der Waals surface area contributed by atoms with Gasteiger partial charge in [0.25, 0.3) is 0 Å². The van der Waals surface area contributed by atoms with E-state index in [0.29, 0.717) is 0 Å². The van der Waals surface area contributed by atoms with E-state index in [1.165, 1.54) is 84.5 Å². The Hall–Kier alpha value is -6.52. The second kappa shape index (κ2) is 13.1. The maximum Gasteiger partial charge on any atom is 0.0555 e. The molecular weight excluding hydrogens is 703 g/mol. The molecule has 0 saturated heterocycles. The summed E-state index contributed by atoms with van der Waals surface area (Å²) in [5, 5.41) is 7.64. The van der Waals surface area contributed by atoms with Crippen molar-refractivity contribution in [3.8, 4) is 33.4 Å². The summed E-state index contributed by atoms with van der Waals surface area (Å²) < 4.78 is 5.19. The summed E-state index contributed by atoms with van der Waals surface area (Å²) in [6, 6.07) is 73.6. The number of hydrogen-bond donors (Lipinski definition) is 0. The van der Waals surface area contributed by atoms with Gasteiger partial charge in [-0.3, -0.25) is 0 Å². The molecule has 0 aliphatic carbocycles. The smallest absolute Gasteiger partial charge is 0.0555 e. The molecule has 9 aromatic carbocycles. The fourth-order valence-corrected chi connectivity index (χ4v) is 10.8. The van der Waals surface area contributed by atoms with Gasteiger partial charge in [0.1, 0.15) is 0 Å². The third-order valence-corrected chi connectivity index (χ3v) is 13.2. The molecule has 0 N–H and O–H groups in total. The quantitative estimate of drug-likeness (QED) is 0.164. The number of fused-ring (bicyclic) bond motifs is 7. The molecule has 0 unspecified atom stereocenters. The van der Waals surface area contributed by atoms with Gasteiger partial charge in [-0.15, -0.1) is 22.7 Å². The first kappa shape index (κ1) is 32.0. The van der Waals surface area contributed by atoms with Gasteiger partial charge in [0.15, 0.2) is 0 Å². The molecule has 11 aromatic rings. The highest BCUT2D eigenvalue weighted by Crippen LogP contribution is 2.51. The average Bonchev–Trinajstić information content (AvgIpc) is 3.83. The molecule has 2 heterocycles. The van der Waals surface area contributed by atoms with E-state index in [9.17, 15) is 0 Å². The van der Waals surface area contributed by atoms with E-state index < -0.39 is 0 Å². The molecule has 3 heteroatoms. The monoisotopic (exact) mass is 735 g/mol. The second-order valence-corrected chi connectivity index (χ2v) is 16.1. The van der Waals surface area contributed by atoms with Gasteiger partial charge in [0, 0.05) is 57.0 Å². The molecule has 0 spiro atoms. The van der Waals surface area contributed by atoms with Gasteiger partial charge in [-0.2, -0.15) is 0 Å². The van der Waals surface area contributed by atoms with E-state index in [-0.39, 0.29) is 0 Å². The Labute approximate surface area is 327 Å². The Bertz CT molecular complexity index is 3220. The molecule has 55 heavy (non-hydrogen) atoms. The van der Waals surface area contributed by atoms with Crippen molar-refractivity contribution in [1.82, 2.24) is 0 Å². The molecule has 0 aliphatic heterocycles. The summed E-state index contributed by atoms with van der Waals surface area (Å²) in [5.74, 6) is 0. The number of para-hydroxylation sites is 1. The van der Waals surface area contributed by atoms with Crippen LogP contribution < -0.4 is 4.90 Å². The largest absolute Gasteiger partial charge is 0.309 e. The lowest BCUT2D eigenvalue weighted by Crippen LogP contribution is -2.13. The highest BCUT2D eigenvalue weighted by molar-refractivity contribution is 7.26. The van der Waals surface area contributed by atoms with Crippen molar-refractivity contribution < 1.29 is 0 Å². The Morgan fingerprint density at radius 1 is 0.309 bits per heavy atom.